The van der Waals surface area contributed by atoms with Gasteiger partial charge in [0.1, 0.15) is 0 Å². The van der Waals surface area contributed by atoms with Crippen molar-refractivity contribution in [2.45, 2.75) is 0 Å². The third-order valence-electron chi connectivity index (χ3n) is 0.733. The van der Waals surface area contributed by atoms with Crippen molar-refractivity contribution in [3.8, 4) is 0 Å². The van der Waals surface area contributed by atoms with Crippen molar-refractivity contribution in [2.24, 2.45) is 0 Å². The van der Waals surface area contributed by atoms with Gasteiger partial charge in [-0.05, 0) is 12.1 Å². The summed E-state index contributed by atoms with van der Waals surface area (Å²) in [6.07, 6.45) is 0. The fourth-order valence-corrected chi connectivity index (χ4v) is 0.720. The van der Waals surface area contributed by atoms with Gasteiger partial charge in [0.25, 0.3) is 0 Å². The van der Waals surface area contributed by atoms with Crippen LogP contribution in [0.25, 0.3) is 0 Å². The van der Waals surface area contributed by atoms with Gasteiger partial charge in [-0.2, -0.15) is 0 Å². The number of halogens is 1. The third-order valence-corrected chi connectivity index (χ3v) is 1.26. The smallest absolute Gasteiger partial charge is 0.0175 e. The van der Waals surface area contributed by atoms with Gasteiger partial charge in [-0.1, -0.05) is 34.1 Å². The Kier molecular flexibility index (Phi) is 11.5. The first-order valence-electron chi connectivity index (χ1n) is 2.10. The molecule has 0 aromatic heterocycles. The van der Waals surface area contributed by atoms with Gasteiger partial charge < -0.3 is 0 Å². The molecule has 0 aliphatic carbocycles. The van der Waals surface area contributed by atoms with Crippen LogP contribution >= 0.6 is 15.9 Å². The second-order valence-electron chi connectivity index (χ2n) is 1.30. The van der Waals surface area contributed by atoms with E-state index in [0.717, 1.165) is 4.47 Å². The molecule has 0 nitrogen and oxygen atoms in total. The molecule has 1 rings (SSSR count). The van der Waals surface area contributed by atoms with Crippen molar-refractivity contribution >= 4 is 75.0 Å². The summed E-state index contributed by atoms with van der Waals surface area (Å²) in [5, 5.41) is 0. The molecular weight excluding hydrogens is 198 g/mol. The number of hydrogen-bond acceptors (Lipinski definition) is 0. The van der Waals surface area contributed by atoms with E-state index in [0.29, 0.717) is 0 Å². The molecule has 0 bridgehead atoms. The van der Waals surface area contributed by atoms with Gasteiger partial charge in [0, 0.05) is 63.6 Å². The molecule has 0 saturated heterocycles. The summed E-state index contributed by atoms with van der Waals surface area (Å²) in [7, 11) is 0. The largest absolute Gasteiger partial charge is 0.0622 e. The van der Waals surface area contributed by atoms with Crippen LogP contribution in [0.1, 0.15) is 0 Å². The molecule has 0 aliphatic heterocycles. The van der Waals surface area contributed by atoms with Crippen molar-refractivity contribution in [3.63, 3.8) is 0 Å². The molecule has 1 aromatic rings. The van der Waals surface area contributed by atoms with Crippen molar-refractivity contribution in [2.75, 3.05) is 0 Å². The second kappa shape index (κ2) is 7.80. The topological polar surface area (TPSA) is 0 Å². The van der Waals surface area contributed by atoms with E-state index in [1.807, 2.05) is 30.3 Å². The van der Waals surface area contributed by atoms with Gasteiger partial charge in [-0.15, -0.1) is 0 Å². The van der Waals surface area contributed by atoms with E-state index in [1.165, 1.54) is 0 Å². The minimum absolute atomic E-state index is 0. The SMILES string of the molecule is Brc1ccccc1.[Na].[Na]. The first-order valence-corrected chi connectivity index (χ1v) is 2.89. The number of benzene rings is 1. The van der Waals surface area contributed by atoms with Crippen molar-refractivity contribution in [1.82, 2.24) is 0 Å². The van der Waals surface area contributed by atoms with Crippen molar-refractivity contribution in [3.05, 3.63) is 34.8 Å². The van der Waals surface area contributed by atoms with Crippen LogP contribution in [0.5, 0.6) is 0 Å². The summed E-state index contributed by atoms with van der Waals surface area (Å²) in [4.78, 5) is 0. The maximum Gasteiger partial charge on any atom is 0.0175 e. The van der Waals surface area contributed by atoms with E-state index in [1.54, 1.807) is 0 Å². The minimum atomic E-state index is 0. The molecular formula is C6H5BrNa2. The normalized spacial score (nSPS) is 6.78. The Balaban J connectivity index is 0. The first-order chi connectivity index (χ1) is 3.39. The summed E-state index contributed by atoms with van der Waals surface area (Å²) >= 11 is 3.31. The molecule has 0 spiro atoms. The fourth-order valence-electron chi connectivity index (χ4n) is 0.415. The third kappa shape index (κ3) is 6.11. The molecule has 0 aliphatic rings. The molecule has 0 unspecified atom stereocenters. The molecule has 1 aromatic carbocycles. The Morgan fingerprint density at radius 1 is 0.889 bits per heavy atom. The zero-order chi connectivity index (χ0) is 5.11. The second-order valence-corrected chi connectivity index (χ2v) is 2.21. The minimum Gasteiger partial charge on any atom is -0.0622 e. The summed E-state index contributed by atoms with van der Waals surface area (Å²) < 4.78 is 1.13. The number of hydrogen-bond donors (Lipinski definition) is 0. The van der Waals surface area contributed by atoms with E-state index in [9.17, 15) is 0 Å². The number of rotatable bonds is 0. The van der Waals surface area contributed by atoms with Gasteiger partial charge in [0.15, 0.2) is 0 Å². The molecule has 38 valence electrons. The zero-order valence-corrected chi connectivity index (χ0v) is 11.4. The molecule has 0 N–H and O–H groups in total. The molecule has 0 fully saturated rings. The molecule has 0 atom stereocenters. The van der Waals surface area contributed by atoms with Gasteiger partial charge in [-0.3, -0.25) is 0 Å². The summed E-state index contributed by atoms with van der Waals surface area (Å²) in [5.74, 6) is 0. The van der Waals surface area contributed by atoms with Gasteiger partial charge >= 0.3 is 0 Å². The molecule has 0 heterocycles. The van der Waals surface area contributed by atoms with E-state index in [-0.39, 0.29) is 59.1 Å². The van der Waals surface area contributed by atoms with Crippen molar-refractivity contribution in [1.29, 1.82) is 0 Å². The Morgan fingerprint density at radius 2 is 1.33 bits per heavy atom. The van der Waals surface area contributed by atoms with Crippen LogP contribution in [0.15, 0.2) is 34.8 Å². The van der Waals surface area contributed by atoms with Crippen LogP contribution in [-0.4, -0.2) is 59.1 Å². The zero-order valence-electron chi connectivity index (χ0n) is 5.76. The van der Waals surface area contributed by atoms with Crippen molar-refractivity contribution < 1.29 is 0 Å². The van der Waals surface area contributed by atoms with Crippen LogP contribution in [-0.2, 0) is 0 Å². The van der Waals surface area contributed by atoms with Gasteiger partial charge in [-0.25, -0.2) is 0 Å². The molecule has 9 heavy (non-hydrogen) atoms. The predicted molar refractivity (Wildman–Crippen MR) is 45.7 cm³/mol. The van der Waals surface area contributed by atoms with Gasteiger partial charge in [0.05, 0.1) is 0 Å². The van der Waals surface area contributed by atoms with E-state index >= 15 is 0 Å². The molecule has 0 amide bonds. The fraction of sp³-hybridized carbons (Fsp3) is 0. The van der Waals surface area contributed by atoms with Gasteiger partial charge in [0.2, 0.25) is 0 Å². The van der Waals surface area contributed by atoms with Crippen LogP contribution in [0.2, 0.25) is 0 Å². The standard InChI is InChI=1S/C6H5Br.2Na/c7-6-4-2-1-3-5-6;;/h1-5H;;. The van der Waals surface area contributed by atoms with Crippen LogP contribution in [0, 0.1) is 0 Å². The molecule has 0 saturated carbocycles. The van der Waals surface area contributed by atoms with Crippen LogP contribution in [0.4, 0.5) is 0 Å². The maximum atomic E-state index is 3.31. The quantitative estimate of drug-likeness (QED) is 0.562. The van der Waals surface area contributed by atoms with E-state index in [2.05, 4.69) is 15.9 Å². The van der Waals surface area contributed by atoms with Crippen LogP contribution in [0.3, 0.4) is 0 Å². The monoisotopic (exact) mass is 202 g/mol. The summed E-state index contributed by atoms with van der Waals surface area (Å²) in [5.41, 5.74) is 0. The van der Waals surface area contributed by atoms with Crippen LogP contribution < -0.4 is 0 Å². The summed E-state index contributed by atoms with van der Waals surface area (Å²) in [6.45, 7) is 0. The first kappa shape index (κ1) is 13.3. The average molecular weight is 203 g/mol. The Hall–Kier alpha value is 1.70. The Bertz CT molecular complexity index is 141. The summed E-state index contributed by atoms with van der Waals surface area (Å²) in [6, 6.07) is 9.97. The molecule has 2 radical (unpaired) electrons. The Labute approximate surface area is 108 Å². The molecule has 3 heteroatoms. The maximum absolute atomic E-state index is 3.31. The predicted octanol–water partition coefficient (Wildman–Crippen LogP) is 1.69. The average Bonchev–Trinajstić information content (AvgIpc) is 1.69. The van der Waals surface area contributed by atoms with E-state index in [4.69, 9.17) is 0 Å². The Morgan fingerprint density at radius 3 is 1.56 bits per heavy atom. The van der Waals surface area contributed by atoms with E-state index < -0.39 is 0 Å².